The Balaban J connectivity index is 2.39. The highest BCUT2D eigenvalue weighted by molar-refractivity contribution is 7.26. The number of rotatable bonds is 2. The quantitative estimate of drug-likeness (QED) is 0.724. The van der Waals surface area contributed by atoms with Crippen LogP contribution >= 0.6 is 34.5 Å². The predicted molar refractivity (Wildman–Crippen MR) is 80.7 cm³/mol. The molecule has 0 spiro atoms. The van der Waals surface area contributed by atoms with Gasteiger partial charge in [0.15, 0.2) is 0 Å². The first-order valence-corrected chi connectivity index (χ1v) is 7.14. The Hall–Kier alpha value is -1.29. The highest BCUT2D eigenvalue weighted by Crippen LogP contribution is 2.39. The molecule has 0 bridgehead atoms. The van der Waals surface area contributed by atoms with Gasteiger partial charge in [0.05, 0.1) is 6.42 Å². The van der Waals surface area contributed by atoms with Crippen molar-refractivity contribution in [3.8, 4) is 0 Å². The first-order valence-electron chi connectivity index (χ1n) is 5.56. The number of fused-ring (bicyclic) bond motifs is 3. The van der Waals surface area contributed by atoms with Crippen molar-refractivity contribution in [1.29, 1.82) is 0 Å². The van der Waals surface area contributed by atoms with Gasteiger partial charge in [-0.2, -0.15) is 0 Å². The van der Waals surface area contributed by atoms with Crippen LogP contribution in [0.25, 0.3) is 20.2 Å². The van der Waals surface area contributed by atoms with Crippen LogP contribution in [0, 0.1) is 0 Å². The number of hydrogen-bond donors (Lipinski definition) is 1. The maximum absolute atomic E-state index is 10.9. The normalized spacial score (nSPS) is 11.3. The van der Waals surface area contributed by atoms with Crippen molar-refractivity contribution in [3.05, 3.63) is 45.9 Å². The summed E-state index contributed by atoms with van der Waals surface area (Å²) in [6.45, 7) is 0. The minimum absolute atomic E-state index is 0.0301. The Labute approximate surface area is 123 Å². The van der Waals surface area contributed by atoms with E-state index in [1.165, 1.54) is 0 Å². The van der Waals surface area contributed by atoms with Crippen LogP contribution < -0.4 is 0 Å². The molecule has 3 rings (SSSR count). The largest absolute Gasteiger partial charge is 0.481 e. The third-order valence-electron chi connectivity index (χ3n) is 2.92. The zero-order valence-electron chi connectivity index (χ0n) is 9.61. The van der Waals surface area contributed by atoms with Crippen molar-refractivity contribution in [1.82, 2.24) is 0 Å². The molecule has 1 N–H and O–H groups in total. The molecule has 1 aromatic heterocycles. The number of benzene rings is 2. The second kappa shape index (κ2) is 4.67. The van der Waals surface area contributed by atoms with Gasteiger partial charge in [-0.3, -0.25) is 4.79 Å². The molecule has 0 unspecified atom stereocenters. The molecular weight excluding hydrogens is 303 g/mol. The van der Waals surface area contributed by atoms with Gasteiger partial charge in [-0.15, -0.1) is 11.3 Å². The third-order valence-corrected chi connectivity index (χ3v) is 4.63. The monoisotopic (exact) mass is 310 g/mol. The SMILES string of the molecule is O=C(O)Cc1cc(Cl)cc2c1sc1ccc(Cl)cc12. The van der Waals surface area contributed by atoms with Gasteiger partial charge in [0.25, 0.3) is 0 Å². The third kappa shape index (κ3) is 2.29. The van der Waals surface area contributed by atoms with Crippen molar-refractivity contribution in [2.24, 2.45) is 0 Å². The molecule has 0 radical (unpaired) electrons. The van der Waals surface area contributed by atoms with Crippen molar-refractivity contribution < 1.29 is 9.90 Å². The molecule has 0 aliphatic rings. The zero-order valence-corrected chi connectivity index (χ0v) is 11.9. The van der Waals surface area contributed by atoms with Crippen LogP contribution in [0.3, 0.4) is 0 Å². The van der Waals surface area contributed by atoms with Crippen LogP contribution in [-0.4, -0.2) is 11.1 Å². The smallest absolute Gasteiger partial charge is 0.307 e. The second-order valence-electron chi connectivity index (χ2n) is 4.25. The molecule has 0 atom stereocenters. The number of halogens is 2. The van der Waals surface area contributed by atoms with Gasteiger partial charge in [0.1, 0.15) is 0 Å². The molecule has 96 valence electrons. The molecular formula is C14H8Cl2O2S. The molecule has 19 heavy (non-hydrogen) atoms. The molecule has 3 aromatic rings. The molecule has 0 saturated carbocycles. The van der Waals surface area contributed by atoms with E-state index in [0.717, 1.165) is 25.7 Å². The number of aliphatic carboxylic acids is 1. The van der Waals surface area contributed by atoms with E-state index in [0.29, 0.717) is 10.0 Å². The summed E-state index contributed by atoms with van der Waals surface area (Å²) in [5.41, 5.74) is 0.743. The summed E-state index contributed by atoms with van der Waals surface area (Å²) in [6, 6.07) is 9.24. The van der Waals surface area contributed by atoms with Crippen molar-refractivity contribution in [2.75, 3.05) is 0 Å². The van der Waals surface area contributed by atoms with E-state index in [1.54, 1.807) is 17.4 Å². The van der Waals surface area contributed by atoms with Gasteiger partial charge in [0.2, 0.25) is 0 Å². The zero-order chi connectivity index (χ0) is 13.6. The van der Waals surface area contributed by atoms with E-state index in [4.69, 9.17) is 28.3 Å². The summed E-state index contributed by atoms with van der Waals surface area (Å²) in [5.74, 6) is -0.862. The van der Waals surface area contributed by atoms with E-state index < -0.39 is 5.97 Å². The van der Waals surface area contributed by atoms with Gasteiger partial charge in [0, 0.05) is 30.2 Å². The molecule has 2 aromatic carbocycles. The standard InChI is InChI=1S/C14H8Cl2O2S/c15-8-1-2-12-10(5-8)11-6-9(16)3-7(4-13(17)18)14(11)19-12/h1-3,5-6H,4H2,(H,17,18). The highest BCUT2D eigenvalue weighted by atomic mass is 35.5. The van der Waals surface area contributed by atoms with E-state index in [2.05, 4.69) is 0 Å². The maximum Gasteiger partial charge on any atom is 0.307 e. The minimum Gasteiger partial charge on any atom is -0.481 e. The average molecular weight is 311 g/mol. The summed E-state index contributed by atoms with van der Waals surface area (Å²) in [7, 11) is 0. The molecule has 2 nitrogen and oxygen atoms in total. The van der Waals surface area contributed by atoms with E-state index >= 15 is 0 Å². The number of carboxylic acids is 1. The van der Waals surface area contributed by atoms with Crippen molar-refractivity contribution in [3.63, 3.8) is 0 Å². The Kier molecular flexibility index (Phi) is 3.13. The van der Waals surface area contributed by atoms with Gasteiger partial charge >= 0.3 is 5.97 Å². The lowest BCUT2D eigenvalue weighted by molar-refractivity contribution is -0.136. The average Bonchev–Trinajstić information content (AvgIpc) is 2.67. The fourth-order valence-electron chi connectivity index (χ4n) is 2.18. The maximum atomic E-state index is 10.9. The predicted octanol–water partition coefficient (Wildman–Crippen LogP) is 4.99. The van der Waals surface area contributed by atoms with E-state index in [1.807, 2.05) is 24.3 Å². The summed E-state index contributed by atoms with van der Waals surface area (Å²) < 4.78 is 2.04. The summed E-state index contributed by atoms with van der Waals surface area (Å²) in [6.07, 6.45) is -0.0301. The molecule has 0 amide bonds. The molecule has 0 fully saturated rings. The molecule has 0 saturated heterocycles. The Morgan fingerprint density at radius 2 is 1.84 bits per heavy atom. The fraction of sp³-hybridized carbons (Fsp3) is 0.0714. The molecule has 5 heteroatoms. The Morgan fingerprint density at radius 1 is 1.11 bits per heavy atom. The summed E-state index contributed by atoms with van der Waals surface area (Å²) in [4.78, 5) is 10.9. The van der Waals surface area contributed by atoms with Crippen molar-refractivity contribution >= 4 is 60.7 Å². The Morgan fingerprint density at radius 3 is 2.58 bits per heavy atom. The van der Waals surface area contributed by atoms with E-state index in [-0.39, 0.29) is 6.42 Å². The summed E-state index contributed by atoms with van der Waals surface area (Å²) in [5, 5.41) is 12.2. The van der Waals surface area contributed by atoms with Crippen LogP contribution in [0.2, 0.25) is 10.0 Å². The first kappa shape index (κ1) is 12.7. The second-order valence-corrected chi connectivity index (χ2v) is 6.18. The van der Waals surface area contributed by atoms with Crippen LogP contribution in [0.4, 0.5) is 0 Å². The van der Waals surface area contributed by atoms with Crippen LogP contribution in [0.1, 0.15) is 5.56 Å². The topological polar surface area (TPSA) is 37.3 Å². The number of carboxylic acid groups (broad SMARTS) is 1. The Bertz CT molecular complexity index is 808. The van der Waals surface area contributed by atoms with Gasteiger partial charge < -0.3 is 5.11 Å². The van der Waals surface area contributed by atoms with Gasteiger partial charge in [-0.1, -0.05) is 23.2 Å². The minimum atomic E-state index is -0.862. The van der Waals surface area contributed by atoms with Crippen molar-refractivity contribution in [2.45, 2.75) is 6.42 Å². The molecule has 1 heterocycles. The lowest BCUT2D eigenvalue weighted by atomic mass is 10.1. The number of carbonyl (C=O) groups is 1. The fourth-order valence-corrected chi connectivity index (χ4v) is 3.77. The van der Waals surface area contributed by atoms with Crippen LogP contribution in [-0.2, 0) is 11.2 Å². The van der Waals surface area contributed by atoms with Crippen LogP contribution in [0.15, 0.2) is 30.3 Å². The van der Waals surface area contributed by atoms with Gasteiger partial charge in [-0.05, 0) is 35.9 Å². The first-order chi connectivity index (χ1) is 9.04. The molecule has 0 aliphatic carbocycles. The van der Waals surface area contributed by atoms with E-state index in [9.17, 15) is 4.79 Å². The van der Waals surface area contributed by atoms with Crippen LogP contribution in [0.5, 0.6) is 0 Å². The lowest BCUT2D eigenvalue weighted by Crippen LogP contribution is -1.99. The number of thiophene rings is 1. The van der Waals surface area contributed by atoms with Gasteiger partial charge in [-0.25, -0.2) is 0 Å². The lowest BCUT2D eigenvalue weighted by Gasteiger charge is -2.01. The number of hydrogen-bond acceptors (Lipinski definition) is 2. The highest BCUT2D eigenvalue weighted by Gasteiger charge is 2.13. The molecule has 0 aliphatic heterocycles. The summed E-state index contributed by atoms with van der Waals surface area (Å²) >= 11 is 13.7.